The molecule has 0 radical (unpaired) electrons. The van der Waals surface area contributed by atoms with Gasteiger partial charge in [-0.05, 0) is 12.8 Å². The van der Waals surface area contributed by atoms with Gasteiger partial charge in [-0.2, -0.15) is 4.98 Å². The monoisotopic (exact) mass is 301 g/mol. The molecule has 2 N–H and O–H groups in total. The molecule has 10 heteroatoms. The molecule has 110 valence electrons. The lowest BCUT2D eigenvalue weighted by Gasteiger charge is -2.11. The number of hydrogen-bond donors (Lipinski definition) is 2. The molecule has 1 aliphatic heterocycles. The summed E-state index contributed by atoms with van der Waals surface area (Å²) in [7, 11) is -1.51. The van der Waals surface area contributed by atoms with Crippen LogP contribution in [0.15, 0.2) is 6.20 Å². The molecule has 1 aromatic heterocycles. The predicted molar refractivity (Wildman–Crippen MR) is 73.5 cm³/mol. The number of hydrogen-bond acceptors (Lipinski definition) is 8. The largest absolute Gasteiger partial charge is 0.363 e. The van der Waals surface area contributed by atoms with Crippen LogP contribution < -0.4 is 10.6 Å². The number of aromatic nitrogens is 2. The maximum atomic E-state index is 11.7. The van der Waals surface area contributed by atoms with E-state index in [-0.39, 0.29) is 29.8 Å². The normalized spacial score (nSPS) is 20.6. The molecule has 1 saturated heterocycles. The second kappa shape index (κ2) is 5.57. The quantitative estimate of drug-likeness (QED) is 0.591. The Morgan fingerprint density at radius 1 is 1.55 bits per heavy atom. The molecule has 0 spiro atoms. The average Bonchev–Trinajstić information content (AvgIpc) is 2.74. The highest BCUT2D eigenvalue weighted by atomic mass is 32.2. The summed E-state index contributed by atoms with van der Waals surface area (Å²) in [6, 6.07) is 0. The Hall–Kier alpha value is -1.97. The van der Waals surface area contributed by atoms with E-state index in [0.717, 1.165) is 6.20 Å². The van der Waals surface area contributed by atoms with Crippen LogP contribution in [0.3, 0.4) is 0 Å². The molecule has 20 heavy (non-hydrogen) atoms. The number of rotatable bonds is 5. The smallest absolute Gasteiger partial charge is 0.329 e. The van der Waals surface area contributed by atoms with Crippen molar-refractivity contribution in [1.29, 1.82) is 0 Å². The Morgan fingerprint density at radius 3 is 2.85 bits per heavy atom. The van der Waals surface area contributed by atoms with E-state index in [1.807, 2.05) is 0 Å². The van der Waals surface area contributed by atoms with Gasteiger partial charge in [-0.1, -0.05) is 0 Å². The summed E-state index contributed by atoms with van der Waals surface area (Å²) < 4.78 is 23.4. The van der Waals surface area contributed by atoms with Gasteiger partial charge in [0.05, 0.1) is 15.9 Å². The van der Waals surface area contributed by atoms with Crippen LogP contribution >= 0.6 is 0 Å². The van der Waals surface area contributed by atoms with E-state index in [2.05, 4.69) is 20.6 Å². The molecule has 9 nitrogen and oxygen atoms in total. The minimum absolute atomic E-state index is 0.0245. The lowest BCUT2D eigenvalue weighted by molar-refractivity contribution is -0.384. The first-order valence-electron chi connectivity index (χ1n) is 6.08. The molecule has 0 saturated carbocycles. The van der Waals surface area contributed by atoms with E-state index in [1.165, 1.54) is 0 Å². The zero-order valence-corrected chi connectivity index (χ0v) is 11.7. The molecule has 0 bridgehead atoms. The van der Waals surface area contributed by atoms with Crippen molar-refractivity contribution in [2.24, 2.45) is 0 Å². The average molecular weight is 301 g/mol. The van der Waals surface area contributed by atoms with Gasteiger partial charge in [0.25, 0.3) is 0 Å². The first-order chi connectivity index (χ1) is 9.44. The molecular formula is C10H15N5O4S. The maximum Gasteiger partial charge on any atom is 0.329 e. The van der Waals surface area contributed by atoms with E-state index in [4.69, 9.17) is 0 Å². The predicted octanol–water partition coefficient (Wildman–Crippen LogP) is 0.416. The van der Waals surface area contributed by atoms with Crippen molar-refractivity contribution in [3.63, 3.8) is 0 Å². The zero-order chi connectivity index (χ0) is 14.8. The Labute approximate surface area is 115 Å². The van der Waals surface area contributed by atoms with Gasteiger partial charge in [-0.15, -0.1) is 0 Å². The molecule has 2 heterocycles. The van der Waals surface area contributed by atoms with Crippen LogP contribution in [-0.2, 0) is 9.84 Å². The number of nitrogens with one attached hydrogen (secondary N) is 2. The topological polar surface area (TPSA) is 127 Å². The zero-order valence-electron chi connectivity index (χ0n) is 10.9. The van der Waals surface area contributed by atoms with Crippen molar-refractivity contribution in [2.45, 2.75) is 18.1 Å². The van der Waals surface area contributed by atoms with Gasteiger partial charge in [0.1, 0.15) is 6.20 Å². The summed E-state index contributed by atoms with van der Waals surface area (Å²) in [6.07, 6.45) is 2.28. The van der Waals surface area contributed by atoms with Gasteiger partial charge < -0.3 is 10.6 Å². The number of nitro groups is 1. The summed E-state index contributed by atoms with van der Waals surface area (Å²) >= 11 is 0. The lowest BCUT2D eigenvalue weighted by atomic mass is 10.2. The molecule has 1 unspecified atom stereocenters. The van der Waals surface area contributed by atoms with Crippen molar-refractivity contribution in [2.75, 3.05) is 30.0 Å². The molecule has 0 aliphatic carbocycles. The molecule has 2 rings (SSSR count). The minimum atomic E-state index is -3.10. The Morgan fingerprint density at radius 2 is 2.30 bits per heavy atom. The van der Waals surface area contributed by atoms with E-state index in [0.29, 0.717) is 12.8 Å². The second-order valence-corrected chi connectivity index (χ2v) is 6.85. The highest BCUT2D eigenvalue weighted by Crippen LogP contribution is 2.24. The van der Waals surface area contributed by atoms with E-state index in [9.17, 15) is 18.5 Å². The van der Waals surface area contributed by atoms with Gasteiger partial charge in [0.15, 0.2) is 9.84 Å². The number of nitrogens with zero attached hydrogens (tertiary/aromatic N) is 3. The van der Waals surface area contributed by atoms with Crippen molar-refractivity contribution < 1.29 is 13.3 Å². The highest BCUT2D eigenvalue weighted by molar-refractivity contribution is 7.92. The van der Waals surface area contributed by atoms with E-state index in [1.54, 1.807) is 7.05 Å². The first kappa shape index (κ1) is 14.4. The van der Waals surface area contributed by atoms with E-state index < -0.39 is 20.0 Å². The van der Waals surface area contributed by atoms with Crippen molar-refractivity contribution >= 4 is 27.3 Å². The Bertz CT molecular complexity index is 618. The molecule has 1 atom stereocenters. The van der Waals surface area contributed by atoms with Crippen molar-refractivity contribution in [3.05, 3.63) is 16.3 Å². The molecule has 1 fully saturated rings. The third-order valence-electron chi connectivity index (χ3n) is 3.15. The molecule has 0 amide bonds. The fourth-order valence-electron chi connectivity index (χ4n) is 2.06. The van der Waals surface area contributed by atoms with Crippen LogP contribution in [0.5, 0.6) is 0 Å². The fraction of sp³-hybridized carbons (Fsp3) is 0.600. The van der Waals surface area contributed by atoms with Crippen molar-refractivity contribution in [1.82, 2.24) is 9.97 Å². The number of sulfone groups is 1. The lowest BCUT2D eigenvalue weighted by Crippen LogP contribution is -2.25. The standard InChI is InChI=1S/C10H15N5O4S/c1-11-10-13-6-8(15(16)17)9(14-10)12-5-7-3-2-4-20(7,18)19/h6-7H,2-5H2,1H3,(H2,11,12,13,14). The SMILES string of the molecule is CNc1ncc([N+](=O)[O-])c(NCC2CCCS2(=O)=O)n1. The van der Waals surface area contributed by atoms with Crippen LogP contribution in [0.4, 0.5) is 17.5 Å². The fourth-order valence-corrected chi connectivity index (χ4v) is 3.82. The van der Waals surface area contributed by atoms with Crippen LogP contribution in [-0.4, -0.2) is 47.9 Å². The molecule has 1 aliphatic rings. The van der Waals surface area contributed by atoms with Gasteiger partial charge in [0.2, 0.25) is 11.8 Å². The summed E-state index contributed by atoms with van der Waals surface area (Å²) in [6.45, 7) is 0.114. The second-order valence-electron chi connectivity index (χ2n) is 4.45. The molecule has 0 aromatic carbocycles. The van der Waals surface area contributed by atoms with Crippen LogP contribution in [0, 0.1) is 10.1 Å². The van der Waals surface area contributed by atoms with Gasteiger partial charge in [0, 0.05) is 13.6 Å². The highest BCUT2D eigenvalue weighted by Gasteiger charge is 2.31. The summed E-state index contributed by atoms with van der Waals surface area (Å²) in [5.41, 5.74) is -0.278. The van der Waals surface area contributed by atoms with Crippen molar-refractivity contribution in [3.8, 4) is 0 Å². The van der Waals surface area contributed by atoms with E-state index >= 15 is 0 Å². The van der Waals surface area contributed by atoms with Gasteiger partial charge in [-0.3, -0.25) is 10.1 Å². The first-order valence-corrected chi connectivity index (χ1v) is 7.80. The van der Waals surface area contributed by atoms with Crippen LogP contribution in [0.25, 0.3) is 0 Å². The third kappa shape index (κ3) is 2.95. The van der Waals surface area contributed by atoms with Gasteiger partial charge >= 0.3 is 5.69 Å². The molecular weight excluding hydrogens is 286 g/mol. The number of anilines is 2. The summed E-state index contributed by atoms with van der Waals surface area (Å²) in [4.78, 5) is 18.0. The maximum absolute atomic E-state index is 11.7. The van der Waals surface area contributed by atoms with Crippen LogP contribution in [0.1, 0.15) is 12.8 Å². The summed E-state index contributed by atoms with van der Waals surface area (Å²) in [5.74, 6) is 0.427. The Balaban J connectivity index is 2.17. The Kier molecular flexibility index (Phi) is 4.02. The van der Waals surface area contributed by atoms with Gasteiger partial charge in [-0.25, -0.2) is 13.4 Å². The summed E-state index contributed by atoms with van der Waals surface area (Å²) in [5, 5.41) is 15.8. The molecule has 1 aromatic rings. The van der Waals surface area contributed by atoms with Crippen LogP contribution in [0.2, 0.25) is 0 Å². The third-order valence-corrected chi connectivity index (χ3v) is 5.43. The minimum Gasteiger partial charge on any atom is -0.363 e.